The highest BCUT2D eigenvalue weighted by molar-refractivity contribution is 5.99. The molecule has 1 amide bonds. The van der Waals surface area contributed by atoms with Crippen LogP contribution in [0.1, 0.15) is 27.3 Å². The summed E-state index contributed by atoms with van der Waals surface area (Å²) in [6, 6.07) is 7.80. The van der Waals surface area contributed by atoms with Gasteiger partial charge in [0.25, 0.3) is 5.91 Å². The lowest BCUT2D eigenvalue weighted by Crippen LogP contribution is -2.25. The summed E-state index contributed by atoms with van der Waals surface area (Å²) in [5, 5.41) is 7.20. The number of benzene rings is 1. The van der Waals surface area contributed by atoms with Crippen LogP contribution in [-0.4, -0.2) is 40.3 Å². The molecule has 0 saturated carbocycles. The number of amides is 1. The molecule has 1 N–H and O–H groups in total. The van der Waals surface area contributed by atoms with Crippen molar-refractivity contribution in [1.29, 1.82) is 0 Å². The van der Waals surface area contributed by atoms with Crippen molar-refractivity contribution < 1.29 is 14.3 Å². The highest BCUT2D eigenvalue weighted by Gasteiger charge is 2.16. The van der Waals surface area contributed by atoms with E-state index < -0.39 is 0 Å². The predicted octanol–water partition coefficient (Wildman–Crippen LogP) is 2.09. The maximum atomic E-state index is 12.5. The summed E-state index contributed by atoms with van der Waals surface area (Å²) in [5.41, 5.74) is 3.96. The Balaban J connectivity index is 1.43. The van der Waals surface area contributed by atoms with E-state index in [0.29, 0.717) is 37.4 Å². The fourth-order valence-electron chi connectivity index (χ4n) is 3.09. The number of hydrogen-bond donors (Lipinski definition) is 1. The molecular formula is C19H20N4O3. The lowest BCUT2D eigenvalue weighted by Gasteiger charge is -2.18. The summed E-state index contributed by atoms with van der Waals surface area (Å²) in [7, 11) is 0. The quantitative estimate of drug-likeness (QED) is 0.778. The molecule has 7 heteroatoms. The van der Waals surface area contributed by atoms with Gasteiger partial charge in [-0.05, 0) is 44.0 Å². The van der Waals surface area contributed by atoms with Crippen molar-refractivity contribution in [3.8, 4) is 11.5 Å². The van der Waals surface area contributed by atoms with Crippen LogP contribution in [0.5, 0.6) is 11.5 Å². The Morgan fingerprint density at radius 1 is 1.19 bits per heavy atom. The van der Waals surface area contributed by atoms with E-state index in [1.54, 1.807) is 10.7 Å². The van der Waals surface area contributed by atoms with E-state index in [2.05, 4.69) is 15.4 Å². The van der Waals surface area contributed by atoms with Gasteiger partial charge >= 0.3 is 0 Å². The van der Waals surface area contributed by atoms with E-state index in [9.17, 15) is 4.79 Å². The highest BCUT2D eigenvalue weighted by atomic mass is 16.6. The number of fused-ring (bicyclic) bond motifs is 2. The van der Waals surface area contributed by atoms with Gasteiger partial charge in [-0.15, -0.1) is 0 Å². The maximum absolute atomic E-state index is 12.5. The van der Waals surface area contributed by atoms with E-state index in [-0.39, 0.29) is 5.91 Å². The van der Waals surface area contributed by atoms with Crippen LogP contribution >= 0.6 is 0 Å². The number of carbonyl (C=O) groups is 1. The Bertz CT molecular complexity index is 980. The van der Waals surface area contributed by atoms with E-state index in [0.717, 1.165) is 28.5 Å². The molecule has 2 aromatic heterocycles. The maximum Gasteiger partial charge on any atom is 0.256 e. The zero-order chi connectivity index (χ0) is 18.1. The van der Waals surface area contributed by atoms with Crippen molar-refractivity contribution in [2.24, 2.45) is 0 Å². The van der Waals surface area contributed by atoms with Crippen LogP contribution in [0.15, 0.2) is 30.5 Å². The highest BCUT2D eigenvalue weighted by Crippen LogP contribution is 2.30. The minimum Gasteiger partial charge on any atom is -0.486 e. The molecule has 0 saturated heterocycles. The van der Waals surface area contributed by atoms with E-state index in [4.69, 9.17) is 9.47 Å². The summed E-state index contributed by atoms with van der Waals surface area (Å²) < 4.78 is 12.8. The van der Waals surface area contributed by atoms with Crippen molar-refractivity contribution in [2.45, 2.75) is 20.3 Å². The monoisotopic (exact) mass is 352 g/mol. The molecule has 1 aromatic carbocycles. The molecule has 0 bridgehead atoms. The van der Waals surface area contributed by atoms with Gasteiger partial charge in [-0.1, -0.05) is 6.07 Å². The number of nitrogens with zero attached hydrogens (tertiary/aromatic N) is 3. The van der Waals surface area contributed by atoms with Crippen LogP contribution < -0.4 is 14.8 Å². The first kappa shape index (κ1) is 16.4. The minimum atomic E-state index is -0.171. The summed E-state index contributed by atoms with van der Waals surface area (Å²) in [6.07, 6.45) is 2.27. The lowest BCUT2D eigenvalue weighted by atomic mass is 10.1. The molecule has 3 aromatic rings. The van der Waals surface area contributed by atoms with Crippen molar-refractivity contribution in [3.05, 3.63) is 53.0 Å². The standard InChI is InChI=1S/C19H20N4O3/c1-12-9-13(2)23-18(22-12)15(11-21-23)19(24)20-6-5-14-3-4-16-17(10-14)26-8-7-25-16/h3-4,9-11H,5-8H2,1-2H3,(H,20,24). The summed E-state index contributed by atoms with van der Waals surface area (Å²) in [4.78, 5) is 17.0. The van der Waals surface area contributed by atoms with Crippen molar-refractivity contribution in [2.75, 3.05) is 19.8 Å². The van der Waals surface area contributed by atoms with Gasteiger partial charge in [0.05, 0.1) is 6.20 Å². The van der Waals surface area contributed by atoms with E-state index in [1.165, 1.54) is 0 Å². The third-order valence-electron chi connectivity index (χ3n) is 4.33. The average Bonchev–Trinajstić information content (AvgIpc) is 3.05. The van der Waals surface area contributed by atoms with Crippen molar-refractivity contribution >= 4 is 11.6 Å². The molecule has 0 spiro atoms. The van der Waals surface area contributed by atoms with Gasteiger partial charge in [0.2, 0.25) is 0 Å². The van der Waals surface area contributed by atoms with Crippen LogP contribution in [0.2, 0.25) is 0 Å². The second-order valence-electron chi connectivity index (χ2n) is 6.32. The fourth-order valence-corrected chi connectivity index (χ4v) is 3.09. The van der Waals surface area contributed by atoms with Gasteiger partial charge in [0.15, 0.2) is 17.1 Å². The lowest BCUT2D eigenvalue weighted by molar-refractivity contribution is 0.0955. The molecule has 0 unspecified atom stereocenters. The van der Waals surface area contributed by atoms with Crippen molar-refractivity contribution in [1.82, 2.24) is 19.9 Å². The number of nitrogens with one attached hydrogen (secondary N) is 1. The van der Waals surface area contributed by atoms with Crippen LogP contribution in [0.25, 0.3) is 5.65 Å². The van der Waals surface area contributed by atoms with Gasteiger partial charge in [0.1, 0.15) is 18.8 Å². The molecule has 26 heavy (non-hydrogen) atoms. The third kappa shape index (κ3) is 3.08. The molecule has 0 fully saturated rings. The first-order chi connectivity index (χ1) is 12.6. The molecule has 0 aliphatic carbocycles. The Kier molecular flexibility index (Phi) is 4.20. The summed E-state index contributed by atoms with van der Waals surface area (Å²) in [6.45, 7) is 5.51. The Morgan fingerprint density at radius 2 is 2.00 bits per heavy atom. The SMILES string of the molecule is Cc1cc(C)n2ncc(C(=O)NCCc3ccc4c(c3)OCCO4)c2n1. The molecular weight excluding hydrogens is 332 g/mol. The second kappa shape index (κ2) is 6.67. The number of rotatable bonds is 4. The summed E-state index contributed by atoms with van der Waals surface area (Å²) in [5.74, 6) is 1.36. The molecule has 0 atom stereocenters. The zero-order valence-electron chi connectivity index (χ0n) is 14.8. The molecule has 1 aliphatic rings. The van der Waals surface area contributed by atoms with Crippen LogP contribution in [-0.2, 0) is 6.42 Å². The van der Waals surface area contributed by atoms with Gasteiger partial charge in [-0.25, -0.2) is 9.50 Å². The van der Waals surface area contributed by atoms with Gasteiger partial charge in [-0.2, -0.15) is 5.10 Å². The zero-order valence-corrected chi connectivity index (χ0v) is 14.8. The van der Waals surface area contributed by atoms with Crippen LogP contribution in [0.4, 0.5) is 0 Å². The smallest absolute Gasteiger partial charge is 0.256 e. The van der Waals surface area contributed by atoms with Crippen LogP contribution in [0.3, 0.4) is 0 Å². The molecule has 1 aliphatic heterocycles. The average molecular weight is 352 g/mol. The molecule has 4 rings (SSSR count). The summed E-state index contributed by atoms with van der Waals surface area (Å²) >= 11 is 0. The molecule has 3 heterocycles. The Labute approximate surface area is 151 Å². The van der Waals surface area contributed by atoms with Crippen molar-refractivity contribution in [3.63, 3.8) is 0 Å². The second-order valence-corrected chi connectivity index (χ2v) is 6.32. The van der Waals surface area contributed by atoms with Gasteiger partial charge in [-0.3, -0.25) is 4.79 Å². The first-order valence-electron chi connectivity index (χ1n) is 8.60. The number of aryl methyl sites for hydroxylation is 2. The Hall–Kier alpha value is -3.09. The van der Waals surface area contributed by atoms with Crippen LogP contribution in [0, 0.1) is 13.8 Å². The molecule has 0 radical (unpaired) electrons. The largest absolute Gasteiger partial charge is 0.486 e. The predicted molar refractivity (Wildman–Crippen MR) is 95.9 cm³/mol. The van der Waals surface area contributed by atoms with Gasteiger partial charge in [0, 0.05) is 17.9 Å². The Morgan fingerprint density at radius 3 is 2.85 bits per heavy atom. The van der Waals surface area contributed by atoms with Gasteiger partial charge < -0.3 is 14.8 Å². The number of ether oxygens (including phenoxy) is 2. The minimum absolute atomic E-state index is 0.171. The first-order valence-corrected chi connectivity index (χ1v) is 8.60. The number of hydrogen-bond acceptors (Lipinski definition) is 5. The normalized spacial score (nSPS) is 13.0. The third-order valence-corrected chi connectivity index (χ3v) is 4.33. The number of aromatic nitrogens is 3. The van der Waals surface area contributed by atoms with E-state index in [1.807, 2.05) is 38.1 Å². The number of carbonyl (C=O) groups excluding carboxylic acids is 1. The molecule has 134 valence electrons. The molecule has 7 nitrogen and oxygen atoms in total. The topological polar surface area (TPSA) is 77.8 Å². The van der Waals surface area contributed by atoms with E-state index >= 15 is 0 Å². The fraction of sp³-hybridized carbons (Fsp3) is 0.316.